The molecule has 236 valence electrons. The van der Waals surface area contributed by atoms with Crippen LogP contribution in [0.1, 0.15) is 0 Å². The minimum absolute atomic E-state index is 0.905. The first-order valence-electron chi connectivity index (χ1n) is 17.6. The summed E-state index contributed by atoms with van der Waals surface area (Å²) < 4.78 is 6.89. The average molecular weight is 647 g/mol. The van der Waals surface area contributed by atoms with Crippen molar-refractivity contribution in [3.63, 3.8) is 0 Å². The van der Waals surface area contributed by atoms with Crippen LogP contribution >= 0.6 is 0 Å². The summed E-state index contributed by atoms with van der Waals surface area (Å²) in [7, 11) is 0. The summed E-state index contributed by atoms with van der Waals surface area (Å²) in [5.74, 6) is 0. The molecule has 0 aliphatic rings. The van der Waals surface area contributed by atoms with E-state index in [0.717, 1.165) is 22.1 Å². The summed E-state index contributed by atoms with van der Waals surface area (Å²) in [4.78, 5) is 0. The van der Waals surface area contributed by atoms with Crippen molar-refractivity contribution in [2.45, 2.75) is 0 Å². The Labute approximate surface area is 294 Å². The lowest BCUT2D eigenvalue weighted by molar-refractivity contribution is 0.670. The third kappa shape index (κ3) is 4.16. The zero-order valence-corrected chi connectivity index (χ0v) is 27.7. The third-order valence-corrected chi connectivity index (χ3v) is 10.8. The van der Waals surface area contributed by atoms with Crippen molar-refractivity contribution < 1.29 is 4.42 Å². The topological polar surface area (TPSA) is 13.1 Å². The summed E-state index contributed by atoms with van der Waals surface area (Å²) in [5, 5.41) is 14.6. The number of hydrogen-bond acceptors (Lipinski definition) is 1. The highest BCUT2D eigenvalue weighted by atomic mass is 16.3. The van der Waals surface area contributed by atoms with E-state index in [9.17, 15) is 0 Å². The van der Waals surface area contributed by atoms with E-state index >= 15 is 0 Å². The molecule has 0 aliphatic carbocycles. The van der Waals surface area contributed by atoms with Crippen LogP contribution in [0.5, 0.6) is 0 Å². The largest absolute Gasteiger partial charge is 0.455 e. The van der Waals surface area contributed by atoms with Crippen molar-refractivity contribution >= 4 is 75.8 Å². The molecule has 11 aromatic rings. The van der Waals surface area contributed by atoms with Crippen LogP contribution in [0, 0.1) is 0 Å². The second-order valence-corrected chi connectivity index (χ2v) is 13.6. The molecule has 0 saturated heterocycles. The molecular formula is C50H30O. The zero-order chi connectivity index (χ0) is 33.5. The van der Waals surface area contributed by atoms with Crippen LogP contribution in [0.15, 0.2) is 186 Å². The van der Waals surface area contributed by atoms with Crippen molar-refractivity contribution in [1.82, 2.24) is 0 Å². The van der Waals surface area contributed by atoms with E-state index in [1.807, 2.05) is 0 Å². The monoisotopic (exact) mass is 646 g/mol. The Hall–Kier alpha value is -6.70. The maximum Gasteiger partial charge on any atom is 0.143 e. The normalized spacial score (nSPS) is 11.9. The summed E-state index contributed by atoms with van der Waals surface area (Å²) >= 11 is 0. The van der Waals surface area contributed by atoms with Crippen LogP contribution in [-0.4, -0.2) is 0 Å². The van der Waals surface area contributed by atoms with Gasteiger partial charge in [0, 0.05) is 21.9 Å². The fourth-order valence-electron chi connectivity index (χ4n) is 8.61. The molecule has 0 amide bonds. The van der Waals surface area contributed by atoms with Gasteiger partial charge in [0.1, 0.15) is 11.2 Å². The van der Waals surface area contributed by atoms with Crippen LogP contribution < -0.4 is 0 Å². The standard InChI is InChI=1S/C50H30O/c1-4-18-34-31(13-1)16-9-22-37(34)39-24-11-26-41-44(39)30-45-40(38-23-10-17-32-14-2-5-19-35(32)38)25-12-27-42(45)48(41)46-29-33-15-3-6-20-36(33)49-43-21-7-8-28-47(43)51-50(46)49/h1-30H. The van der Waals surface area contributed by atoms with Gasteiger partial charge in [-0.3, -0.25) is 0 Å². The number of fused-ring (bicyclic) bond motifs is 9. The highest BCUT2D eigenvalue weighted by Crippen LogP contribution is 2.48. The van der Waals surface area contributed by atoms with Gasteiger partial charge in [-0.25, -0.2) is 0 Å². The molecule has 11 rings (SSSR count). The Morgan fingerprint density at radius 1 is 0.275 bits per heavy atom. The molecule has 10 aromatic carbocycles. The lowest BCUT2D eigenvalue weighted by Gasteiger charge is -2.19. The Morgan fingerprint density at radius 3 is 1.31 bits per heavy atom. The number of furan rings is 1. The number of hydrogen-bond donors (Lipinski definition) is 0. The molecular weight excluding hydrogens is 617 g/mol. The second kappa shape index (κ2) is 10.9. The van der Waals surface area contributed by atoms with Crippen LogP contribution in [-0.2, 0) is 0 Å². The van der Waals surface area contributed by atoms with Crippen LogP contribution in [0.25, 0.3) is 109 Å². The van der Waals surface area contributed by atoms with Gasteiger partial charge < -0.3 is 4.42 Å². The molecule has 51 heavy (non-hydrogen) atoms. The fourth-order valence-corrected chi connectivity index (χ4v) is 8.61. The SMILES string of the molecule is c1ccc2c(-c3cccc4c(-c5cc6ccccc6c6c5oc5ccccc56)c5cccc(-c6cccc7ccccc67)c5cc34)cccc2c1. The van der Waals surface area contributed by atoms with Gasteiger partial charge in [0.05, 0.1) is 0 Å². The molecule has 0 N–H and O–H groups in total. The third-order valence-electron chi connectivity index (χ3n) is 10.8. The minimum Gasteiger partial charge on any atom is -0.455 e. The quantitative estimate of drug-likeness (QED) is 0.174. The molecule has 1 aromatic heterocycles. The van der Waals surface area contributed by atoms with Crippen molar-refractivity contribution in [1.29, 1.82) is 0 Å². The summed E-state index contributed by atoms with van der Waals surface area (Å²) in [6.45, 7) is 0. The molecule has 0 saturated carbocycles. The molecule has 0 bridgehead atoms. The van der Waals surface area contributed by atoms with Gasteiger partial charge in [-0.15, -0.1) is 0 Å². The Bertz CT molecular complexity index is 3050. The summed E-state index contributed by atoms with van der Waals surface area (Å²) in [5.41, 5.74) is 9.06. The van der Waals surface area contributed by atoms with Gasteiger partial charge >= 0.3 is 0 Å². The van der Waals surface area contributed by atoms with Crippen LogP contribution in [0.2, 0.25) is 0 Å². The molecule has 0 spiro atoms. The van der Waals surface area contributed by atoms with Gasteiger partial charge in [0.25, 0.3) is 0 Å². The molecule has 0 atom stereocenters. The van der Waals surface area contributed by atoms with Gasteiger partial charge in [-0.2, -0.15) is 0 Å². The smallest absolute Gasteiger partial charge is 0.143 e. The number of rotatable bonds is 3. The molecule has 1 heteroatoms. The van der Waals surface area contributed by atoms with E-state index < -0.39 is 0 Å². The van der Waals surface area contributed by atoms with Crippen LogP contribution in [0.4, 0.5) is 0 Å². The van der Waals surface area contributed by atoms with E-state index in [-0.39, 0.29) is 0 Å². The molecule has 0 fully saturated rings. The first-order chi connectivity index (χ1) is 25.3. The van der Waals surface area contributed by atoms with Gasteiger partial charge in [-0.05, 0) is 94.3 Å². The molecule has 0 aliphatic heterocycles. The summed E-state index contributed by atoms with van der Waals surface area (Å²) in [6, 6.07) is 66.3. The van der Waals surface area contributed by atoms with E-state index in [1.165, 1.54) is 87.1 Å². The van der Waals surface area contributed by atoms with Gasteiger partial charge in [-0.1, -0.05) is 164 Å². The maximum absolute atomic E-state index is 6.89. The maximum atomic E-state index is 6.89. The predicted octanol–water partition coefficient (Wildman–Crippen LogP) is 14.4. The van der Waals surface area contributed by atoms with Crippen molar-refractivity contribution in [3.8, 4) is 33.4 Å². The van der Waals surface area contributed by atoms with Crippen LogP contribution in [0.3, 0.4) is 0 Å². The summed E-state index contributed by atoms with van der Waals surface area (Å²) in [6.07, 6.45) is 0. The lowest BCUT2D eigenvalue weighted by atomic mass is 9.84. The molecule has 1 heterocycles. The van der Waals surface area contributed by atoms with E-state index in [2.05, 4.69) is 182 Å². The first kappa shape index (κ1) is 28.2. The Kier molecular flexibility index (Phi) is 6.02. The Balaban J connectivity index is 1.35. The van der Waals surface area contributed by atoms with E-state index in [1.54, 1.807) is 0 Å². The first-order valence-corrected chi connectivity index (χ1v) is 17.6. The molecule has 1 nitrogen and oxygen atoms in total. The van der Waals surface area contributed by atoms with Crippen molar-refractivity contribution in [2.24, 2.45) is 0 Å². The van der Waals surface area contributed by atoms with Gasteiger partial charge in [0.15, 0.2) is 0 Å². The van der Waals surface area contributed by atoms with Crippen molar-refractivity contribution in [3.05, 3.63) is 182 Å². The highest BCUT2D eigenvalue weighted by Gasteiger charge is 2.22. The average Bonchev–Trinajstić information content (AvgIpc) is 3.59. The Morgan fingerprint density at radius 2 is 0.706 bits per heavy atom. The number of para-hydroxylation sites is 1. The lowest BCUT2D eigenvalue weighted by Crippen LogP contribution is -1.92. The number of benzene rings is 10. The molecule has 0 radical (unpaired) electrons. The zero-order valence-electron chi connectivity index (χ0n) is 27.7. The predicted molar refractivity (Wildman–Crippen MR) is 218 cm³/mol. The second-order valence-electron chi connectivity index (χ2n) is 13.6. The highest BCUT2D eigenvalue weighted by molar-refractivity contribution is 6.28. The van der Waals surface area contributed by atoms with E-state index in [4.69, 9.17) is 4.42 Å². The van der Waals surface area contributed by atoms with E-state index in [0.29, 0.717) is 0 Å². The van der Waals surface area contributed by atoms with Crippen molar-refractivity contribution in [2.75, 3.05) is 0 Å². The fraction of sp³-hybridized carbons (Fsp3) is 0. The minimum atomic E-state index is 0.905. The molecule has 0 unspecified atom stereocenters. The van der Waals surface area contributed by atoms with Gasteiger partial charge in [0.2, 0.25) is 0 Å².